The van der Waals surface area contributed by atoms with Gasteiger partial charge in [0.15, 0.2) is 5.82 Å². The highest BCUT2D eigenvalue weighted by molar-refractivity contribution is 5.57. The summed E-state index contributed by atoms with van der Waals surface area (Å²) in [5.41, 5.74) is 3.29. The molecule has 0 aliphatic heterocycles. The zero-order valence-electron chi connectivity index (χ0n) is 9.99. The van der Waals surface area contributed by atoms with Crippen molar-refractivity contribution < 1.29 is 0 Å². The van der Waals surface area contributed by atoms with Crippen molar-refractivity contribution in [2.24, 2.45) is 0 Å². The number of pyridine rings is 1. The highest BCUT2D eigenvalue weighted by Gasteiger charge is 2.08. The van der Waals surface area contributed by atoms with E-state index < -0.39 is 0 Å². The Morgan fingerprint density at radius 2 is 1.67 bits per heavy atom. The first kappa shape index (κ1) is 10.7. The van der Waals surface area contributed by atoms with Crippen LogP contribution in [0.1, 0.15) is 5.56 Å². The van der Waals surface area contributed by atoms with Crippen LogP contribution in [0.2, 0.25) is 0 Å². The smallest absolute Gasteiger partial charge is 0.168 e. The van der Waals surface area contributed by atoms with E-state index >= 15 is 0 Å². The molecule has 0 saturated carbocycles. The van der Waals surface area contributed by atoms with E-state index in [9.17, 15) is 0 Å². The van der Waals surface area contributed by atoms with Crippen molar-refractivity contribution in [2.75, 3.05) is 0 Å². The monoisotopic (exact) mass is 236 g/mol. The minimum absolute atomic E-state index is 0.821. The second kappa shape index (κ2) is 4.41. The zero-order valence-corrected chi connectivity index (χ0v) is 9.99. The molecule has 0 atom stereocenters. The highest BCUT2D eigenvalue weighted by atomic mass is 15.3. The van der Waals surface area contributed by atoms with Crippen LogP contribution in [0.25, 0.3) is 17.1 Å². The predicted molar refractivity (Wildman–Crippen MR) is 69.3 cm³/mol. The van der Waals surface area contributed by atoms with Crippen molar-refractivity contribution in [3.8, 4) is 17.1 Å². The van der Waals surface area contributed by atoms with Crippen molar-refractivity contribution in [1.82, 2.24) is 19.7 Å². The lowest BCUT2D eigenvalue weighted by atomic mass is 10.2. The van der Waals surface area contributed by atoms with Gasteiger partial charge in [-0.25, -0.2) is 0 Å². The van der Waals surface area contributed by atoms with E-state index in [-0.39, 0.29) is 0 Å². The maximum atomic E-state index is 4.17. The molecule has 0 unspecified atom stereocenters. The third kappa shape index (κ3) is 1.88. The van der Waals surface area contributed by atoms with Crippen LogP contribution in [0.15, 0.2) is 55.1 Å². The van der Waals surface area contributed by atoms with Gasteiger partial charge < -0.3 is 0 Å². The Bertz CT molecular complexity index is 641. The molecule has 0 bridgehead atoms. The lowest BCUT2D eigenvalue weighted by Crippen LogP contribution is -1.96. The summed E-state index contributed by atoms with van der Waals surface area (Å²) in [6, 6.07) is 12.1. The molecule has 2 heterocycles. The molecule has 0 amide bonds. The molecule has 3 aromatic rings. The zero-order chi connectivity index (χ0) is 12.4. The first-order valence-electron chi connectivity index (χ1n) is 5.72. The molecule has 4 nitrogen and oxygen atoms in total. The first-order chi connectivity index (χ1) is 8.84. The summed E-state index contributed by atoms with van der Waals surface area (Å²) in [4.78, 5) is 4.01. The van der Waals surface area contributed by atoms with Gasteiger partial charge in [-0.05, 0) is 31.2 Å². The Labute approximate surface area is 105 Å². The summed E-state index contributed by atoms with van der Waals surface area (Å²) in [7, 11) is 0. The quantitative estimate of drug-likeness (QED) is 0.687. The minimum atomic E-state index is 0.821. The molecule has 1 aromatic carbocycles. The van der Waals surface area contributed by atoms with Gasteiger partial charge in [0.25, 0.3) is 0 Å². The van der Waals surface area contributed by atoms with E-state index in [4.69, 9.17) is 0 Å². The molecule has 88 valence electrons. The van der Waals surface area contributed by atoms with Crippen molar-refractivity contribution in [3.05, 3.63) is 60.7 Å². The summed E-state index contributed by atoms with van der Waals surface area (Å²) in [5.74, 6) is 0.821. The molecule has 0 saturated heterocycles. The molecule has 0 spiro atoms. The summed E-state index contributed by atoms with van der Waals surface area (Å²) in [6.07, 6.45) is 5.23. The van der Waals surface area contributed by atoms with Crippen LogP contribution in [0.5, 0.6) is 0 Å². The number of aryl methyl sites for hydroxylation is 1. The number of hydrogen-bond acceptors (Lipinski definition) is 3. The SMILES string of the molecule is Cc1ccc(-n2cnnc2-c2ccncc2)cc1. The fraction of sp³-hybridized carbons (Fsp3) is 0.0714. The molecular weight excluding hydrogens is 224 g/mol. The molecule has 0 N–H and O–H groups in total. The number of aromatic nitrogens is 4. The lowest BCUT2D eigenvalue weighted by molar-refractivity contribution is 1.06. The highest BCUT2D eigenvalue weighted by Crippen LogP contribution is 2.19. The second-order valence-electron chi connectivity index (χ2n) is 4.10. The van der Waals surface area contributed by atoms with Crippen LogP contribution in [0, 0.1) is 6.92 Å². The van der Waals surface area contributed by atoms with Gasteiger partial charge in [-0.3, -0.25) is 9.55 Å². The van der Waals surface area contributed by atoms with Crippen molar-refractivity contribution in [2.45, 2.75) is 6.92 Å². The van der Waals surface area contributed by atoms with Crippen LogP contribution in [-0.2, 0) is 0 Å². The topological polar surface area (TPSA) is 43.6 Å². The van der Waals surface area contributed by atoms with Crippen molar-refractivity contribution >= 4 is 0 Å². The van der Waals surface area contributed by atoms with E-state index in [2.05, 4.69) is 46.4 Å². The van der Waals surface area contributed by atoms with Crippen LogP contribution >= 0.6 is 0 Å². The van der Waals surface area contributed by atoms with E-state index in [1.165, 1.54) is 5.56 Å². The summed E-state index contributed by atoms with van der Waals surface area (Å²) < 4.78 is 1.97. The van der Waals surface area contributed by atoms with E-state index in [0.29, 0.717) is 0 Å². The third-order valence-electron chi connectivity index (χ3n) is 2.80. The maximum absolute atomic E-state index is 4.17. The van der Waals surface area contributed by atoms with Gasteiger partial charge in [0, 0.05) is 23.6 Å². The summed E-state index contributed by atoms with van der Waals surface area (Å²) >= 11 is 0. The molecule has 0 radical (unpaired) electrons. The Kier molecular flexibility index (Phi) is 2.61. The molecule has 2 aromatic heterocycles. The van der Waals surface area contributed by atoms with Crippen LogP contribution < -0.4 is 0 Å². The number of benzene rings is 1. The van der Waals surface area contributed by atoms with Gasteiger partial charge in [0.1, 0.15) is 6.33 Å². The van der Waals surface area contributed by atoms with E-state index in [1.54, 1.807) is 18.7 Å². The van der Waals surface area contributed by atoms with E-state index in [1.807, 2.05) is 16.7 Å². The summed E-state index contributed by atoms with van der Waals surface area (Å²) in [6.45, 7) is 2.07. The van der Waals surface area contributed by atoms with E-state index in [0.717, 1.165) is 17.1 Å². The number of nitrogens with zero attached hydrogens (tertiary/aromatic N) is 4. The van der Waals surface area contributed by atoms with Gasteiger partial charge in [0.2, 0.25) is 0 Å². The minimum Gasteiger partial charge on any atom is -0.282 e. The van der Waals surface area contributed by atoms with Gasteiger partial charge in [-0.15, -0.1) is 10.2 Å². The average Bonchev–Trinajstić information content (AvgIpc) is 2.90. The van der Waals surface area contributed by atoms with Crippen LogP contribution in [0.4, 0.5) is 0 Å². The fourth-order valence-electron chi connectivity index (χ4n) is 1.83. The molecule has 0 fully saturated rings. The van der Waals surface area contributed by atoms with Gasteiger partial charge >= 0.3 is 0 Å². The predicted octanol–water partition coefficient (Wildman–Crippen LogP) is 2.64. The Hall–Kier alpha value is -2.49. The van der Waals surface area contributed by atoms with Crippen molar-refractivity contribution in [1.29, 1.82) is 0 Å². The van der Waals surface area contributed by atoms with Crippen molar-refractivity contribution in [3.63, 3.8) is 0 Å². The van der Waals surface area contributed by atoms with Gasteiger partial charge in [0.05, 0.1) is 0 Å². The lowest BCUT2D eigenvalue weighted by Gasteiger charge is -2.06. The maximum Gasteiger partial charge on any atom is 0.168 e. The fourth-order valence-corrected chi connectivity index (χ4v) is 1.83. The molecule has 0 aliphatic rings. The normalized spacial score (nSPS) is 10.5. The largest absolute Gasteiger partial charge is 0.282 e. The van der Waals surface area contributed by atoms with Crippen LogP contribution in [-0.4, -0.2) is 19.7 Å². The average molecular weight is 236 g/mol. The molecule has 3 rings (SSSR count). The number of rotatable bonds is 2. The first-order valence-corrected chi connectivity index (χ1v) is 5.72. The molecule has 0 aliphatic carbocycles. The van der Waals surface area contributed by atoms with Gasteiger partial charge in [-0.2, -0.15) is 0 Å². The van der Waals surface area contributed by atoms with Crippen LogP contribution in [0.3, 0.4) is 0 Å². The Morgan fingerprint density at radius 3 is 2.39 bits per heavy atom. The molecule has 18 heavy (non-hydrogen) atoms. The Balaban J connectivity index is 2.10. The second-order valence-corrected chi connectivity index (χ2v) is 4.10. The molecular formula is C14H12N4. The number of hydrogen-bond donors (Lipinski definition) is 0. The summed E-state index contributed by atoms with van der Waals surface area (Å²) in [5, 5.41) is 8.16. The Morgan fingerprint density at radius 1 is 0.944 bits per heavy atom. The molecule has 4 heteroatoms. The third-order valence-corrected chi connectivity index (χ3v) is 2.80. The van der Waals surface area contributed by atoms with Gasteiger partial charge in [-0.1, -0.05) is 17.7 Å². The standard InChI is InChI=1S/C14H12N4/c1-11-2-4-13(5-3-11)18-10-16-17-14(18)12-6-8-15-9-7-12/h2-10H,1H3.